The Morgan fingerprint density at radius 2 is 1.80 bits per heavy atom. The molecule has 1 aliphatic rings. The molecule has 1 saturated heterocycles. The molecule has 7 nitrogen and oxygen atoms in total. The fourth-order valence-electron chi connectivity index (χ4n) is 2.16. The van der Waals surface area contributed by atoms with E-state index in [2.05, 4.69) is 23.7 Å². The zero-order valence-electron chi connectivity index (χ0n) is 15.5. The topological polar surface area (TPSA) is 84.7 Å². The fourth-order valence-corrected chi connectivity index (χ4v) is 2.16. The van der Waals surface area contributed by atoms with E-state index in [4.69, 9.17) is 9.47 Å². The molecular formula is C18H28N2O5. The average molecular weight is 352 g/mol. The van der Waals surface area contributed by atoms with Gasteiger partial charge < -0.3 is 19.7 Å². The lowest BCUT2D eigenvalue weighted by molar-refractivity contribution is -0.152. The summed E-state index contributed by atoms with van der Waals surface area (Å²) in [5.74, 6) is -1.32. The van der Waals surface area contributed by atoms with E-state index in [0.717, 1.165) is 18.3 Å². The van der Waals surface area contributed by atoms with Crippen LogP contribution in [0.15, 0.2) is 24.4 Å². The van der Waals surface area contributed by atoms with Gasteiger partial charge in [-0.3, -0.25) is 4.79 Å². The molecular weight excluding hydrogens is 324 g/mol. The van der Waals surface area contributed by atoms with Crippen LogP contribution in [0.3, 0.4) is 0 Å². The number of carbonyl (C=O) groups excluding carboxylic acids is 3. The molecule has 1 heterocycles. The van der Waals surface area contributed by atoms with Crippen molar-refractivity contribution >= 4 is 17.8 Å². The summed E-state index contributed by atoms with van der Waals surface area (Å²) >= 11 is 0. The number of amides is 1. The number of rotatable bonds is 10. The van der Waals surface area contributed by atoms with E-state index in [1.807, 2.05) is 6.92 Å². The molecule has 25 heavy (non-hydrogen) atoms. The van der Waals surface area contributed by atoms with Gasteiger partial charge in [0.25, 0.3) is 0 Å². The molecule has 7 heteroatoms. The molecule has 1 fully saturated rings. The predicted molar refractivity (Wildman–Crippen MR) is 93.5 cm³/mol. The first-order chi connectivity index (χ1) is 11.7. The van der Waals surface area contributed by atoms with Gasteiger partial charge in [-0.1, -0.05) is 6.58 Å². The average Bonchev–Trinajstić information content (AvgIpc) is 3.26. The highest BCUT2D eigenvalue weighted by atomic mass is 16.5. The summed E-state index contributed by atoms with van der Waals surface area (Å²) in [6.07, 6.45) is 3.75. The molecule has 1 atom stereocenters. The molecule has 0 aromatic rings. The van der Waals surface area contributed by atoms with Crippen LogP contribution in [0.25, 0.3) is 0 Å². The highest BCUT2D eigenvalue weighted by Crippen LogP contribution is 2.22. The number of allylic oxidation sites excluding steroid dienone is 1. The monoisotopic (exact) mass is 352 g/mol. The Morgan fingerprint density at radius 3 is 2.32 bits per heavy atom. The molecule has 0 radical (unpaired) electrons. The molecule has 1 amide bonds. The fraction of sp³-hybridized carbons (Fsp3) is 0.611. The van der Waals surface area contributed by atoms with Crippen LogP contribution in [0.4, 0.5) is 0 Å². The first kappa shape index (κ1) is 20.7. The van der Waals surface area contributed by atoms with Crippen molar-refractivity contribution in [3.8, 4) is 0 Å². The van der Waals surface area contributed by atoms with Crippen molar-refractivity contribution in [1.29, 1.82) is 0 Å². The zero-order chi connectivity index (χ0) is 19.0. The molecule has 0 saturated carbocycles. The number of hydrogen-bond acceptors (Lipinski definition) is 6. The minimum absolute atomic E-state index is 0.198. The van der Waals surface area contributed by atoms with E-state index < -0.39 is 17.4 Å². The number of carbonyl (C=O) groups is 3. The highest BCUT2D eigenvalue weighted by Gasteiger charge is 2.30. The normalized spacial score (nSPS) is 16.9. The van der Waals surface area contributed by atoms with Crippen molar-refractivity contribution in [2.75, 3.05) is 19.8 Å². The van der Waals surface area contributed by atoms with Crippen LogP contribution in [0, 0.1) is 0 Å². The quantitative estimate of drug-likeness (QED) is 0.278. The summed E-state index contributed by atoms with van der Waals surface area (Å²) in [6, 6.07) is 0.499. The van der Waals surface area contributed by atoms with Crippen molar-refractivity contribution in [2.45, 2.75) is 52.1 Å². The van der Waals surface area contributed by atoms with Crippen molar-refractivity contribution in [3.05, 3.63) is 24.4 Å². The van der Waals surface area contributed by atoms with Crippen LogP contribution in [-0.4, -0.2) is 54.1 Å². The lowest BCUT2D eigenvalue weighted by atomic mass is 10.1. The Kier molecular flexibility index (Phi) is 7.67. The molecule has 0 aromatic heterocycles. The van der Waals surface area contributed by atoms with Crippen LogP contribution in [-0.2, 0) is 23.9 Å². The van der Waals surface area contributed by atoms with Gasteiger partial charge in [0.05, 0.1) is 13.2 Å². The summed E-state index contributed by atoms with van der Waals surface area (Å²) in [5, 5.41) is 2.50. The summed E-state index contributed by atoms with van der Waals surface area (Å²) in [5.41, 5.74) is -0.203. The van der Waals surface area contributed by atoms with Gasteiger partial charge in [-0.15, -0.1) is 0 Å². The van der Waals surface area contributed by atoms with Crippen molar-refractivity contribution < 1.29 is 23.9 Å². The van der Waals surface area contributed by atoms with E-state index in [0.29, 0.717) is 18.9 Å². The van der Waals surface area contributed by atoms with Gasteiger partial charge in [0.15, 0.2) is 0 Å². The second-order valence-electron chi connectivity index (χ2n) is 6.62. The number of unbranched alkanes of at least 4 members (excludes halogenated alkanes) is 1. The van der Waals surface area contributed by atoms with Gasteiger partial charge >= 0.3 is 11.9 Å². The second-order valence-corrected chi connectivity index (χ2v) is 6.62. The third kappa shape index (κ3) is 7.41. The molecule has 0 aromatic carbocycles. The first-order valence-electron chi connectivity index (χ1n) is 8.41. The van der Waals surface area contributed by atoms with E-state index in [9.17, 15) is 14.4 Å². The van der Waals surface area contributed by atoms with Crippen molar-refractivity contribution in [2.24, 2.45) is 0 Å². The number of ether oxygens (including phenoxy) is 2. The van der Waals surface area contributed by atoms with E-state index in [1.54, 1.807) is 13.8 Å². The van der Waals surface area contributed by atoms with E-state index in [1.165, 1.54) is 6.08 Å². The number of nitrogens with zero attached hydrogens (tertiary/aromatic N) is 1. The first-order valence-corrected chi connectivity index (χ1v) is 8.41. The highest BCUT2D eigenvalue weighted by molar-refractivity contribution is 5.92. The Morgan fingerprint density at radius 1 is 1.24 bits per heavy atom. The number of hydrogen-bond donors (Lipinski definition) is 1. The molecule has 0 spiro atoms. The molecule has 1 aliphatic heterocycles. The molecule has 0 aliphatic carbocycles. The second kappa shape index (κ2) is 9.25. The van der Waals surface area contributed by atoms with Crippen molar-refractivity contribution in [3.63, 3.8) is 0 Å². The Hall–Kier alpha value is -2.31. The van der Waals surface area contributed by atoms with Gasteiger partial charge in [0.1, 0.15) is 5.54 Å². The van der Waals surface area contributed by atoms with Crippen LogP contribution >= 0.6 is 0 Å². The van der Waals surface area contributed by atoms with Gasteiger partial charge in [-0.05, 0) is 46.6 Å². The molecule has 0 bridgehead atoms. The maximum Gasteiger partial charge on any atom is 0.332 e. The molecule has 140 valence electrons. The SMILES string of the molecule is C=CC(=O)NC(C)(C)C(=O)OCCCCOC(=O)/C=C(\C)N1CC1C. The van der Waals surface area contributed by atoms with Crippen LogP contribution in [0.1, 0.15) is 40.5 Å². The number of esters is 2. The maximum atomic E-state index is 11.9. The van der Waals surface area contributed by atoms with Crippen LogP contribution < -0.4 is 5.32 Å². The number of nitrogens with one attached hydrogen (secondary N) is 1. The Bertz CT molecular complexity index is 554. The molecule has 1 unspecified atom stereocenters. The predicted octanol–water partition coefficient (Wildman–Crippen LogP) is 1.54. The van der Waals surface area contributed by atoms with Gasteiger partial charge in [-0.2, -0.15) is 0 Å². The Balaban J connectivity index is 2.15. The van der Waals surface area contributed by atoms with E-state index >= 15 is 0 Å². The summed E-state index contributed by atoms with van der Waals surface area (Å²) in [6.45, 7) is 11.9. The van der Waals surface area contributed by atoms with Crippen molar-refractivity contribution in [1.82, 2.24) is 10.2 Å². The van der Waals surface area contributed by atoms with Gasteiger partial charge in [0.2, 0.25) is 5.91 Å². The van der Waals surface area contributed by atoms with Gasteiger partial charge in [0, 0.05) is 24.4 Å². The molecule has 1 N–H and O–H groups in total. The third-order valence-electron chi connectivity index (χ3n) is 3.79. The van der Waals surface area contributed by atoms with E-state index in [-0.39, 0.29) is 19.2 Å². The van der Waals surface area contributed by atoms with Crippen LogP contribution in [0.2, 0.25) is 0 Å². The Labute approximate surface area is 149 Å². The maximum absolute atomic E-state index is 11.9. The summed E-state index contributed by atoms with van der Waals surface area (Å²) in [4.78, 5) is 36.9. The minimum atomic E-state index is -1.12. The zero-order valence-corrected chi connectivity index (χ0v) is 15.5. The smallest absolute Gasteiger partial charge is 0.332 e. The summed E-state index contributed by atoms with van der Waals surface area (Å²) < 4.78 is 10.2. The van der Waals surface area contributed by atoms with Crippen LogP contribution in [0.5, 0.6) is 0 Å². The molecule has 1 rings (SSSR count). The third-order valence-corrected chi connectivity index (χ3v) is 3.79. The minimum Gasteiger partial charge on any atom is -0.464 e. The lowest BCUT2D eigenvalue weighted by Gasteiger charge is -2.23. The standard InChI is InChI=1S/C18H28N2O5/c1-6-15(21)19-18(4,5)17(23)25-10-8-7-9-24-16(22)11-13(2)20-12-14(20)3/h6,11,14H,1,7-10,12H2,2-5H3,(H,19,21)/b13-11+. The van der Waals surface area contributed by atoms with Gasteiger partial charge in [-0.25, -0.2) is 9.59 Å². The largest absolute Gasteiger partial charge is 0.464 e. The summed E-state index contributed by atoms with van der Waals surface area (Å²) in [7, 11) is 0. The lowest BCUT2D eigenvalue weighted by Crippen LogP contribution is -2.50.